The molecule has 0 bridgehead atoms. The van der Waals surface area contributed by atoms with Crippen molar-refractivity contribution in [3.8, 4) is 0 Å². The predicted octanol–water partition coefficient (Wildman–Crippen LogP) is 2.20. The van der Waals surface area contributed by atoms with Gasteiger partial charge in [-0.05, 0) is 44.5 Å². The van der Waals surface area contributed by atoms with Crippen molar-refractivity contribution >= 4 is 29.9 Å². The Morgan fingerprint density at radius 2 is 2.20 bits per heavy atom. The highest BCUT2D eigenvalue weighted by molar-refractivity contribution is 14.0. The number of guanidine groups is 1. The maximum Gasteiger partial charge on any atom is 0.194 e. The number of ether oxygens (including phenoxy) is 1. The summed E-state index contributed by atoms with van der Waals surface area (Å²) in [6.07, 6.45) is 6.55. The van der Waals surface area contributed by atoms with Crippen molar-refractivity contribution in [2.24, 2.45) is 4.99 Å². The van der Waals surface area contributed by atoms with Gasteiger partial charge in [0.2, 0.25) is 0 Å². The molecule has 0 amide bonds. The van der Waals surface area contributed by atoms with Crippen molar-refractivity contribution < 1.29 is 9.15 Å². The number of methoxy groups -OCH3 is 1. The molecule has 0 aromatic carbocycles. The average molecular weight is 462 g/mol. The summed E-state index contributed by atoms with van der Waals surface area (Å²) in [5.41, 5.74) is 0. The average Bonchev–Trinajstić information content (AvgIpc) is 3.33. The third-order valence-corrected chi connectivity index (χ3v) is 4.91. The van der Waals surface area contributed by atoms with Crippen LogP contribution in [0.5, 0.6) is 0 Å². The van der Waals surface area contributed by atoms with Gasteiger partial charge in [-0.25, -0.2) is 0 Å². The Bertz CT molecular complexity index is 503. The smallest absolute Gasteiger partial charge is 0.194 e. The minimum atomic E-state index is 0. The molecule has 2 aliphatic rings. The van der Waals surface area contributed by atoms with Crippen LogP contribution in [0.15, 0.2) is 27.8 Å². The first kappa shape index (κ1) is 20.5. The molecule has 1 unspecified atom stereocenters. The van der Waals surface area contributed by atoms with Crippen LogP contribution in [0.4, 0.5) is 0 Å². The number of nitrogens with zero attached hydrogens (tertiary/aromatic N) is 3. The molecule has 1 aromatic rings. The molecule has 6 nitrogen and oxygen atoms in total. The van der Waals surface area contributed by atoms with Gasteiger partial charge < -0.3 is 19.4 Å². The van der Waals surface area contributed by atoms with Gasteiger partial charge in [0, 0.05) is 39.2 Å². The second-order valence-electron chi connectivity index (χ2n) is 6.59. The van der Waals surface area contributed by atoms with E-state index in [4.69, 9.17) is 14.1 Å². The summed E-state index contributed by atoms with van der Waals surface area (Å²) >= 11 is 0. The van der Waals surface area contributed by atoms with Crippen molar-refractivity contribution in [1.29, 1.82) is 0 Å². The first-order chi connectivity index (χ1) is 11.9. The fourth-order valence-corrected chi connectivity index (χ4v) is 3.60. The molecule has 3 rings (SSSR count). The zero-order valence-electron chi connectivity index (χ0n) is 15.2. The number of nitrogens with one attached hydrogen (secondary N) is 1. The molecule has 3 heterocycles. The lowest BCUT2D eigenvalue weighted by molar-refractivity contribution is 0.207. The fraction of sp³-hybridized carbons (Fsp3) is 0.722. The Morgan fingerprint density at radius 3 is 2.92 bits per heavy atom. The van der Waals surface area contributed by atoms with Crippen LogP contribution in [0.3, 0.4) is 0 Å². The summed E-state index contributed by atoms with van der Waals surface area (Å²) in [5, 5.41) is 3.51. The monoisotopic (exact) mass is 462 g/mol. The van der Waals surface area contributed by atoms with Gasteiger partial charge in [0.25, 0.3) is 0 Å². The summed E-state index contributed by atoms with van der Waals surface area (Å²) in [6, 6.07) is 4.64. The van der Waals surface area contributed by atoms with Gasteiger partial charge in [-0.15, -0.1) is 24.0 Å². The van der Waals surface area contributed by atoms with Crippen LogP contribution >= 0.6 is 24.0 Å². The van der Waals surface area contributed by atoms with E-state index in [1.165, 1.54) is 32.4 Å². The lowest BCUT2D eigenvalue weighted by Gasteiger charge is -2.25. The van der Waals surface area contributed by atoms with Gasteiger partial charge in [0.1, 0.15) is 5.76 Å². The molecule has 1 aromatic heterocycles. The Hall–Kier alpha value is -0.800. The maximum atomic E-state index is 5.40. The Labute approximate surface area is 168 Å². The van der Waals surface area contributed by atoms with Crippen LogP contribution in [0, 0.1) is 0 Å². The lowest BCUT2D eigenvalue weighted by Crippen LogP contribution is -2.43. The van der Waals surface area contributed by atoms with Crippen LogP contribution in [0.25, 0.3) is 0 Å². The van der Waals surface area contributed by atoms with E-state index in [0.29, 0.717) is 19.2 Å². The third-order valence-electron chi connectivity index (χ3n) is 4.91. The molecule has 25 heavy (non-hydrogen) atoms. The third kappa shape index (κ3) is 6.14. The number of likely N-dealkylation sites (tertiary alicyclic amines) is 2. The summed E-state index contributed by atoms with van der Waals surface area (Å²) in [6.45, 7) is 6.89. The van der Waals surface area contributed by atoms with E-state index in [1.54, 1.807) is 13.4 Å². The van der Waals surface area contributed by atoms with Crippen LogP contribution in [-0.2, 0) is 11.2 Å². The fourth-order valence-electron chi connectivity index (χ4n) is 3.60. The lowest BCUT2D eigenvalue weighted by atomic mass is 10.2. The molecule has 0 aliphatic carbocycles. The standard InChI is InChI=1S/C18H30N4O2.HI/c1-23-14-9-20-18(19-8-6-17-5-4-13-24-17)22-12-7-16(15-22)21-10-2-3-11-21;/h4-5,13,16H,2-3,6-12,14-15H2,1H3,(H,19,20);1H. The molecule has 0 saturated carbocycles. The highest BCUT2D eigenvalue weighted by atomic mass is 127. The number of aliphatic imine (C=N–C) groups is 1. The number of halogens is 1. The summed E-state index contributed by atoms with van der Waals surface area (Å²) in [7, 11) is 1.72. The maximum absolute atomic E-state index is 5.40. The van der Waals surface area contributed by atoms with Gasteiger partial charge in [0.05, 0.1) is 19.4 Å². The topological polar surface area (TPSA) is 53.2 Å². The van der Waals surface area contributed by atoms with E-state index in [9.17, 15) is 0 Å². The van der Waals surface area contributed by atoms with Crippen molar-refractivity contribution in [2.45, 2.75) is 31.7 Å². The minimum absolute atomic E-state index is 0. The van der Waals surface area contributed by atoms with E-state index in [1.807, 2.05) is 12.1 Å². The van der Waals surface area contributed by atoms with E-state index >= 15 is 0 Å². The van der Waals surface area contributed by atoms with E-state index in [0.717, 1.165) is 37.8 Å². The molecular weight excluding hydrogens is 431 g/mol. The first-order valence-corrected chi connectivity index (χ1v) is 9.15. The second kappa shape index (κ2) is 11.0. The largest absolute Gasteiger partial charge is 0.469 e. The van der Waals surface area contributed by atoms with E-state index in [-0.39, 0.29) is 24.0 Å². The molecule has 0 spiro atoms. The SMILES string of the molecule is COCCN=C(NCCc1ccco1)N1CCC(N2CCCC2)C1.I. The molecule has 7 heteroatoms. The Balaban J connectivity index is 0.00000225. The second-order valence-corrected chi connectivity index (χ2v) is 6.59. The van der Waals surface area contributed by atoms with Crippen LogP contribution < -0.4 is 5.32 Å². The highest BCUT2D eigenvalue weighted by Crippen LogP contribution is 2.20. The molecule has 2 fully saturated rings. The van der Waals surface area contributed by atoms with Crippen molar-refractivity contribution in [2.75, 3.05) is 53.0 Å². The van der Waals surface area contributed by atoms with Gasteiger partial charge in [0.15, 0.2) is 5.96 Å². The van der Waals surface area contributed by atoms with Crippen molar-refractivity contribution in [1.82, 2.24) is 15.1 Å². The summed E-state index contributed by atoms with van der Waals surface area (Å²) < 4.78 is 10.5. The normalized spacial score (nSPS) is 21.6. The number of hydrogen-bond donors (Lipinski definition) is 1. The molecule has 0 radical (unpaired) electrons. The van der Waals surface area contributed by atoms with E-state index in [2.05, 4.69) is 15.1 Å². The molecule has 2 aliphatic heterocycles. The van der Waals surface area contributed by atoms with Crippen LogP contribution in [0.1, 0.15) is 25.0 Å². The zero-order valence-corrected chi connectivity index (χ0v) is 17.5. The Morgan fingerprint density at radius 1 is 1.36 bits per heavy atom. The summed E-state index contributed by atoms with van der Waals surface area (Å²) in [5.74, 6) is 2.02. The predicted molar refractivity (Wildman–Crippen MR) is 111 cm³/mol. The Kier molecular flexibility index (Phi) is 9.05. The van der Waals surface area contributed by atoms with Gasteiger partial charge in [-0.3, -0.25) is 9.89 Å². The quantitative estimate of drug-likeness (QED) is 0.292. The molecule has 1 atom stereocenters. The highest BCUT2D eigenvalue weighted by Gasteiger charge is 2.30. The molecule has 142 valence electrons. The van der Waals surface area contributed by atoms with Gasteiger partial charge in [-0.1, -0.05) is 0 Å². The number of hydrogen-bond acceptors (Lipinski definition) is 4. The molecular formula is C18H31IN4O2. The number of furan rings is 1. The van der Waals surface area contributed by atoms with Crippen LogP contribution in [0.2, 0.25) is 0 Å². The van der Waals surface area contributed by atoms with Crippen LogP contribution in [-0.4, -0.2) is 74.8 Å². The van der Waals surface area contributed by atoms with Crippen molar-refractivity contribution in [3.05, 3.63) is 24.2 Å². The van der Waals surface area contributed by atoms with E-state index < -0.39 is 0 Å². The minimum Gasteiger partial charge on any atom is -0.469 e. The van der Waals surface area contributed by atoms with Gasteiger partial charge >= 0.3 is 0 Å². The first-order valence-electron chi connectivity index (χ1n) is 9.15. The summed E-state index contributed by atoms with van der Waals surface area (Å²) in [4.78, 5) is 9.78. The van der Waals surface area contributed by atoms with Crippen molar-refractivity contribution in [3.63, 3.8) is 0 Å². The molecule has 1 N–H and O–H groups in total. The zero-order chi connectivity index (χ0) is 16.6. The molecule has 2 saturated heterocycles. The number of rotatable bonds is 7. The van der Waals surface area contributed by atoms with Gasteiger partial charge in [-0.2, -0.15) is 0 Å².